The van der Waals surface area contributed by atoms with Crippen molar-refractivity contribution in [1.82, 2.24) is 10.2 Å². The third kappa shape index (κ3) is 2.06. The minimum atomic E-state index is -0.612. The minimum Gasteiger partial charge on any atom is -0.342 e. The van der Waals surface area contributed by atoms with Crippen LogP contribution in [0.1, 0.15) is 38.5 Å². The lowest BCUT2D eigenvalue weighted by Gasteiger charge is -2.46. The Bertz CT molecular complexity index is 425. The second-order valence-electron chi connectivity index (χ2n) is 5.84. The summed E-state index contributed by atoms with van der Waals surface area (Å²) < 4.78 is 0. The van der Waals surface area contributed by atoms with Crippen LogP contribution in [0.5, 0.6) is 0 Å². The molecule has 1 unspecified atom stereocenters. The lowest BCUT2D eigenvalue weighted by Crippen LogP contribution is -2.70. The molecule has 3 rings (SSSR count). The van der Waals surface area contributed by atoms with Crippen molar-refractivity contribution in [1.29, 1.82) is 0 Å². The number of piperazine rings is 1. The third-order valence-corrected chi connectivity index (χ3v) is 4.84. The van der Waals surface area contributed by atoms with Crippen LogP contribution in [0.25, 0.3) is 0 Å². The first-order chi connectivity index (χ1) is 9.19. The zero-order valence-corrected chi connectivity index (χ0v) is 11.7. The molecule has 2 amide bonds. The number of halogens is 1. The molecule has 0 aromatic rings. The van der Waals surface area contributed by atoms with Crippen molar-refractivity contribution in [2.24, 2.45) is 5.92 Å². The minimum absolute atomic E-state index is 0.0458. The largest absolute Gasteiger partial charge is 0.342 e. The fourth-order valence-corrected chi connectivity index (χ4v) is 3.53. The van der Waals surface area contributed by atoms with Gasteiger partial charge in [0.15, 0.2) is 0 Å². The Morgan fingerprint density at radius 1 is 1.32 bits per heavy atom. The number of rotatable bonds is 3. The zero-order chi connectivity index (χ0) is 13.5. The van der Waals surface area contributed by atoms with Gasteiger partial charge in [-0.2, -0.15) is 0 Å². The number of carbonyl (C=O) groups excluding carboxylic acids is 2. The lowest BCUT2D eigenvalue weighted by atomic mass is 9.88. The van der Waals surface area contributed by atoms with E-state index in [4.69, 9.17) is 11.6 Å². The first kappa shape index (κ1) is 13.0. The maximum atomic E-state index is 12.7. The van der Waals surface area contributed by atoms with Crippen LogP contribution < -0.4 is 5.32 Å². The highest BCUT2D eigenvalue weighted by molar-refractivity contribution is 6.25. The van der Waals surface area contributed by atoms with Gasteiger partial charge in [-0.15, -0.1) is 0 Å². The average Bonchev–Trinajstić information content (AvgIpc) is 3.13. The van der Waals surface area contributed by atoms with Gasteiger partial charge in [0.2, 0.25) is 11.8 Å². The van der Waals surface area contributed by atoms with Crippen LogP contribution in [0.3, 0.4) is 0 Å². The molecule has 1 saturated heterocycles. The van der Waals surface area contributed by atoms with Gasteiger partial charge in [0.05, 0.1) is 0 Å². The third-order valence-electron chi connectivity index (χ3n) is 4.66. The fourth-order valence-electron chi connectivity index (χ4n) is 3.45. The number of nitrogens with one attached hydrogen (secondary N) is 1. The average molecular weight is 283 g/mol. The van der Waals surface area contributed by atoms with Crippen molar-refractivity contribution < 1.29 is 9.59 Å². The topological polar surface area (TPSA) is 49.4 Å². The molecule has 0 aromatic heterocycles. The first-order valence-electron chi connectivity index (χ1n) is 7.07. The molecule has 1 spiro atoms. The molecule has 19 heavy (non-hydrogen) atoms. The van der Waals surface area contributed by atoms with E-state index < -0.39 is 5.54 Å². The first-order valence-corrected chi connectivity index (χ1v) is 7.50. The molecule has 0 bridgehead atoms. The second-order valence-corrected chi connectivity index (χ2v) is 6.09. The maximum absolute atomic E-state index is 12.7. The number of nitrogens with zero attached hydrogens (tertiary/aromatic N) is 1. The summed E-state index contributed by atoms with van der Waals surface area (Å²) in [7, 11) is 0. The molecule has 1 heterocycles. The Labute approximate surface area is 118 Å². The van der Waals surface area contributed by atoms with Gasteiger partial charge >= 0.3 is 0 Å². The van der Waals surface area contributed by atoms with E-state index in [1.165, 1.54) is 5.54 Å². The molecule has 1 N–H and O–H groups in total. The monoisotopic (exact) mass is 282 g/mol. The molecule has 4 nitrogen and oxygen atoms in total. The molecule has 1 aliphatic heterocycles. The van der Waals surface area contributed by atoms with Crippen LogP contribution in [0.2, 0.25) is 0 Å². The standard InChI is InChI=1S/C14H19ClN2O2/c15-8-3-9-17-12(18)11(10-4-5-10)16-13(19)14(17)6-1-2-7-14/h3,8,10-11H,1-2,4-7,9H2,(H,16,19)/b8-3+. The van der Waals surface area contributed by atoms with Gasteiger partial charge in [0.1, 0.15) is 11.6 Å². The lowest BCUT2D eigenvalue weighted by molar-refractivity contribution is -0.157. The van der Waals surface area contributed by atoms with Gasteiger partial charge in [0, 0.05) is 12.1 Å². The summed E-state index contributed by atoms with van der Waals surface area (Å²) in [5.74, 6) is 0.473. The summed E-state index contributed by atoms with van der Waals surface area (Å²) in [5, 5.41) is 2.98. The molecule has 0 radical (unpaired) electrons. The predicted molar refractivity (Wildman–Crippen MR) is 72.6 cm³/mol. The number of hydrogen-bond donors (Lipinski definition) is 1. The maximum Gasteiger partial charge on any atom is 0.246 e. The van der Waals surface area contributed by atoms with E-state index in [0.717, 1.165) is 38.5 Å². The number of carbonyl (C=O) groups is 2. The Kier molecular flexibility index (Phi) is 3.29. The highest BCUT2D eigenvalue weighted by atomic mass is 35.5. The number of amides is 2. The summed E-state index contributed by atoms with van der Waals surface area (Å²) in [4.78, 5) is 27.0. The van der Waals surface area contributed by atoms with Crippen molar-refractivity contribution >= 4 is 23.4 Å². The van der Waals surface area contributed by atoms with Gasteiger partial charge < -0.3 is 10.2 Å². The summed E-state index contributed by atoms with van der Waals surface area (Å²) in [6.45, 7) is 0.443. The van der Waals surface area contributed by atoms with Crippen molar-refractivity contribution in [3.63, 3.8) is 0 Å². The molecule has 104 valence electrons. The van der Waals surface area contributed by atoms with E-state index in [-0.39, 0.29) is 17.9 Å². The van der Waals surface area contributed by atoms with Crippen LogP contribution in [0.15, 0.2) is 11.6 Å². The van der Waals surface area contributed by atoms with Crippen molar-refractivity contribution in [3.8, 4) is 0 Å². The Morgan fingerprint density at radius 3 is 2.58 bits per heavy atom. The van der Waals surface area contributed by atoms with E-state index >= 15 is 0 Å². The molecule has 1 atom stereocenters. The predicted octanol–water partition coefficient (Wildman–Crippen LogP) is 1.79. The molecular formula is C14H19ClN2O2. The second kappa shape index (κ2) is 4.82. The summed E-state index contributed by atoms with van der Waals surface area (Å²) in [6, 6.07) is -0.303. The summed E-state index contributed by atoms with van der Waals surface area (Å²) in [5.41, 5.74) is 0.813. The molecular weight excluding hydrogens is 264 g/mol. The van der Waals surface area contributed by atoms with Gasteiger partial charge in [0.25, 0.3) is 0 Å². The Balaban J connectivity index is 1.89. The molecule has 3 aliphatic rings. The van der Waals surface area contributed by atoms with Crippen LogP contribution >= 0.6 is 11.6 Å². The highest BCUT2D eigenvalue weighted by Crippen LogP contribution is 2.42. The SMILES string of the molecule is O=C1C(C2CC2)NC(=O)C2(CCCC2)N1C/C=C/Cl. The van der Waals surface area contributed by atoms with E-state index in [2.05, 4.69) is 5.32 Å². The summed E-state index contributed by atoms with van der Waals surface area (Å²) >= 11 is 5.59. The normalized spacial score (nSPS) is 30.4. The van der Waals surface area contributed by atoms with Crippen molar-refractivity contribution in [3.05, 3.63) is 11.6 Å². The van der Waals surface area contributed by atoms with E-state index in [9.17, 15) is 9.59 Å². The smallest absolute Gasteiger partial charge is 0.246 e. The zero-order valence-electron chi connectivity index (χ0n) is 10.9. The molecule has 0 aromatic carbocycles. The Hall–Kier alpha value is -1.03. The van der Waals surface area contributed by atoms with Gasteiger partial charge in [-0.05, 0) is 31.6 Å². The highest BCUT2D eigenvalue weighted by Gasteiger charge is 2.55. The van der Waals surface area contributed by atoms with Crippen LogP contribution in [-0.2, 0) is 9.59 Å². The molecule has 3 fully saturated rings. The number of hydrogen-bond acceptors (Lipinski definition) is 2. The summed E-state index contributed by atoms with van der Waals surface area (Å²) in [6.07, 6.45) is 7.41. The quantitative estimate of drug-likeness (QED) is 0.858. The van der Waals surface area contributed by atoms with Gasteiger partial charge in [-0.1, -0.05) is 30.5 Å². The van der Waals surface area contributed by atoms with Crippen LogP contribution in [0, 0.1) is 5.92 Å². The van der Waals surface area contributed by atoms with Crippen LogP contribution in [-0.4, -0.2) is 34.8 Å². The van der Waals surface area contributed by atoms with Crippen molar-refractivity contribution in [2.45, 2.75) is 50.1 Å². The van der Waals surface area contributed by atoms with Gasteiger partial charge in [-0.3, -0.25) is 9.59 Å². The van der Waals surface area contributed by atoms with Crippen molar-refractivity contribution in [2.75, 3.05) is 6.54 Å². The van der Waals surface area contributed by atoms with Gasteiger partial charge in [-0.25, -0.2) is 0 Å². The van der Waals surface area contributed by atoms with E-state index in [0.29, 0.717) is 12.5 Å². The van der Waals surface area contributed by atoms with E-state index in [1.807, 2.05) is 0 Å². The molecule has 2 aliphatic carbocycles. The fraction of sp³-hybridized carbons (Fsp3) is 0.714. The Morgan fingerprint density at radius 2 is 2.00 bits per heavy atom. The molecule has 2 saturated carbocycles. The van der Waals surface area contributed by atoms with Crippen LogP contribution in [0.4, 0.5) is 0 Å². The van der Waals surface area contributed by atoms with E-state index in [1.54, 1.807) is 11.0 Å². The molecule has 5 heteroatoms.